The Bertz CT molecular complexity index is 266. The van der Waals surface area contributed by atoms with E-state index >= 15 is 0 Å². The minimum absolute atomic E-state index is 0.0703. The fraction of sp³-hybridized carbons (Fsp3) is 0.909. The highest BCUT2D eigenvalue weighted by molar-refractivity contribution is 5.71. The van der Waals surface area contributed by atoms with Crippen molar-refractivity contribution in [3.8, 4) is 0 Å². The number of carbonyl (C=O) groups is 1. The van der Waals surface area contributed by atoms with Crippen molar-refractivity contribution >= 4 is 5.97 Å². The normalized spacial score (nSPS) is 50.4. The van der Waals surface area contributed by atoms with Gasteiger partial charge >= 0.3 is 5.97 Å². The predicted molar refractivity (Wildman–Crippen MR) is 52.0 cm³/mol. The Morgan fingerprint density at radius 2 is 2.14 bits per heavy atom. The third-order valence-electron chi connectivity index (χ3n) is 4.44. The number of aliphatic carboxylic acids is 1. The lowest BCUT2D eigenvalue weighted by atomic mass is 9.82. The van der Waals surface area contributed by atoms with Crippen LogP contribution in [0, 0.1) is 11.8 Å². The molecular formula is C11H17NO2. The van der Waals surface area contributed by atoms with Crippen molar-refractivity contribution in [3.05, 3.63) is 0 Å². The first-order valence-corrected chi connectivity index (χ1v) is 5.76. The minimum Gasteiger partial charge on any atom is -0.481 e. The van der Waals surface area contributed by atoms with Gasteiger partial charge in [0.15, 0.2) is 0 Å². The average Bonchev–Trinajstić information content (AvgIpc) is 2.40. The summed E-state index contributed by atoms with van der Waals surface area (Å²) in [6, 6.07) is 1.11. The summed E-state index contributed by atoms with van der Waals surface area (Å²) in [6.07, 6.45) is 5.85. The van der Waals surface area contributed by atoms with E-state index in [4.69, 9.17) is 0 Å². The molecule has 0 spiro atoms. The van der Waals surface area contributed by atoms with Gasteiger partial charge in [0, 0.05) is 12.1 Å². The third-order valence-corrected chi connectivity index (χ3v) is 4.44. The van der Waals surface area contributed by atoms with Crippen molar-refractivity contribution < 1.29 is 9.90 Å². The molecule has 0 amide bonds. The number of hydrogen-bond donors (Lipinski definition) is 1. The summed E-state index contributed by atoms with van der Waals surface area (Å²) in [5.41, 5.74) is 0. The van der Waals surface area contributed by atoms with Crippen LogP contribution in [0.5, 0.6) is 0 Å². The second-order valence-corrected chi connectivity index (χ2v) is 5.04. The maximum atomic E-state index is 11.1. The zero-order chi connectivity index (χ0) is 9.71. The topological polar surface area (TPSA) is 40.5 Å². The van der Waals surface area contributed by atoms with E-state index in [1.54, 1.807) is 0 Å². The fourth-order valence-electron chi connectivity index (χ4n) is 3.95. The molecule has 3 nitrogen and oxygen atoms in total. The summed E-state index contributed by atoms with van der Waals surface area (Å²) in [5, 5.41) is 9.19. The van der Waals surface area contributed by atoms with Gasteiger partial charge in [-0.2, -0.15) is 0 Å². The van der Waals surface area contributed by atoms with Crippen LogP contribution >= 0.6 is 0 Å². The zero-order valence-electron chi connectivity index (χ0n) is 8.35. The van der Waals surface area contributed by atoms with Crippen LogP contribution in [0.15, 0.2) is 0 Å². The Morgan fingerprint density at radius 1 is 1.29 bits per heavy atom. The standard InChI is InChI=1S/C11H17NO2/c13-11(14)9-4-3-8-6-7-2-1-5-12(8)10(7)9/h7-10H,1-6H2,(H,13,14)/t7-,8-,9+,10-/m0/s1. The number of nitrogens with zero attached hydrogens (tertiary/aromatic N) is 1. The van der Waals surface area contributed by atoms with Gasteiger partial charge in [0.2, 0.25) is 0 Å². The second-order valence-electron chi connectivity index (χ2n) is 5.04. The molecular weight excluding hydrogens is 178 g/mol. The molecule has 1 unspecified atom stereocenters. The molecule has 0 radical (unpaired) electrons. The Labute approximate surface area is 84.1 Å². The summed E-state index contributed by atoms with van der Waals surface area (Å²) >= 11 is 0. The highest BCUT2D eigenvalue weighted by Gasteiger charge is 2.51. The largest absolute Gasteiger partial charge is 0.481 e. The third kappa shape index (κ3) is 1.05. The molecule has 3 heteroatoms. The lowest BCUT2D eigenvalue weighted by Gasteiger charge is -2.42. The monoisotopic (exact) mass is 195 g/mol. The van der Waals surface area contributed by atoms with Gasteiger partial charge in [-0.05, 0) is 44.6 Å². The average molecular weight is 195 g/mol. The van der Waals surface area contributed by atoms with Crippen molar-refractivity contribution in [3.63, 3.8) is 0 Å². The minimum atomic E-state index is -0.563. The van der Waals surface area contributed by atoms with Crippen LogP contribution in [0.4, 0.5) is 0 Å². The highest BCUT2D eigenvalue weighted by Crippen LogP contribution is 2.47. The SMILES string of the molecule is O=C(O)[C@@H]1CC[C@H]2C[C@@H]3CCCN2[C@@H]31. The van der Waals surface area contributed by atoms with E-state index in [2.05, 4.69) is 4.90 Å². The Morgan fingerprint density at radius 3 is 2.93 bits per heavy atom. The Hall–Kier alpha value is -0.570. The smallest absolute Gasteiger partial charge is 0.308 e. The van der Waals surface area contributed by atoms with Crippen LogP contribution in [-0.4, -0.2) is 34.6 Å². The maximum Gasteiger partial charge on any atom is 0.308 e. The molecule has 0 aromatic rings. The van der Waals surface area contributed by atoms with E-state index in [1.165, 1.54) is 19.3 Å². The molecule has 78 valence electrons. The molecule has 0 aliphatic carbocycles. The van der Waals surface area contributed by atoms with E-state index in [9.17, 15) is 9.90 Å². The van der Waals surface area contributed by atoms with E-state index < -0.39 is 5.97 Å². The number of piperidine rings is 2. The van der Waals surface area contributed by atoms with E-state index in [-0.39, 0.29) is 5.92 Å². The van der Waals surface area contributed by atoms with Gasteiger partial charge in [0.25, 0.3) is 0 Å². The maximum absolute atomic E-state index is 11.1. The molecule has 0 aromatic carbocycles. The molecule has 3 aliphatic heterocycles. The lowest BCUT2D eigenvalue weighted by Crippen LogP contribution is -2.51. The summed E-state index contributed by atoms with van der Waals surface area (Å²) in [7, 11) is 0. The van der Waals surface area contributed by atoms with Crippen LogP contribution in [0.25, 0.3) is 0 Å². The van der Waals surface area contributed by atoms with Crippen molar-refractivity contribution in [1.29, 1.82) is 0 Å². The molecule has 3 fully saturated rings. The van der Waals surface area contributed by atoms with E-state index in [1.807, 2.05) is 0 Å². The van der Waals surface area contributed by atoms with Crippen molar-refractivity contribution in [2.75, 3.05) is 6.54 Å². The first kappa shape index (κ1) is 8.72. The van der Waals surface area contributed by atoms with Crippen LogP contribution in [0.1, 0.15) is 32.1 Å². The molecule has 0 saturated carbocycles. The second kappa shape index (κ2) is 2.96. The van der Waals surface area contributed by atoms with Gasteiger partial charge in [0.1, 0.15) is 0 Å². The molecule has 3 aliphatic rings. The molecule has 3 heterocycles. The Kier molecular flexibility index (Phi) is 1.84. The molecule has 5 atom stereocenters. The van der Waals surface area contributed by atoms with Gasteiger partial charge in [-0.1, -0.05) is 0 Å². The number of hydrogen-bond acceptors (Lipinski definition) is 2. The summed E-state index contributed by atoms with van der Waals surface area (Å²) in [6.45, 7) is 1.15. The summed E-state index contributed by atoms with van der Waals surface area (Å²) < 4.78 is 0. The van der Waals surface area contributed by atoms with Gasteiger partial charge in [-0.25, -0.2) is 0 Å². The number of carboxylic acid groups (broad SMARTS) is 1. The Balaban J connectivity index is 1.90. The first-order valence-electron chi connectivity index (χ1n) is 5.76. The quantitative estimate of drug-likeness (QED) is 0.686. The molecule has 14 heavy (non-hydrogen) atoms. The highest BCUT2D eigenvalue weighted by atomic mass is 16.4. The van der Waals surface area contributed by atoms with Crippen LogP contribution in [0.3, 0.4) is 0 Å². The van der Waals surface area contributed by atoms with Gasteiger partial charge in [-0.3, -0.25) is 9.69 Å². The van der Waals surface area contributed by atoms with Gasteiger partial charge in [-0.15, -0.1) is 0 Å². The van der Waals surface area contributed by atoms with Crippen molar-refractivity contribution in [2.45, 2.75) is 44.2 Å². The van der Waals surface area contributed by atoms with Crippen molar-refractivity contribution in [1.82, 2.24) is 4.90 Å². The van der Waals surface area contributed by atoms with E-state index in [0.717, 1.165) is 25.4 Å². The van der Waals surface area contributed by atoms with Crippen LogP contribution < -0.4 is 0 Å². The van der Waals surface area contributed by atoms with E-state index in [0.29, 0.717) is 12.0 Å². The summed E-state index contributed by atoms with van der Waals surface area (Å²) in [4.78, 5) is 13.6. The number of rotatable bonds is 1. The molecule has 1 N–H and O–H groups in total. The molecule has 4 bridgehead atoms. The zero-order valence-corrected chi connectivity index (χ0v) is 8.35. The van der Waals surface area contributed by atoms with Gasteiger partial charge in [0.05, 0.1) is 5.92 Å². The number of carboxylic acids is 1. The molecule has 3 saturated heterocycles. The fourth-order valence-corrected chi connectivity index (χ4v) is 3.95. The predicted octanol–water partition coefficient (Wildman–Crippen LogP) is 1.33. The molecule has 3 rings (SSSR count). The van der Waals surface area contributed by atoms with Crippen molar-refractivity contribution in [2.24, 2.45) is 11.8 Å². The summed E-state index contributed by atoms with van der Waals surface area (Å²) in [5.74, 6) is 0.0589. The van der Waals surface area contributed by atoms with Crippen LogP contribution in [-0.2, 0) is 4.79 Å². The lowest BCUT2D eigenvalue weighted by molar-refractivity contribution is -0.147. The first-order chi connectivity index (χ1) is 6.77. The van der Waals surface area contributed by atoms with Crippen LogP contribution in [0.2, 0.25) is 0 Å². The van der Waals surface area contributed by atoms with Gasteiger partial charge < -0.3 is 5.11 Å². The molecule has 0 aromatic heterocycles.